The molecule has 1 aromatic carbocycles. The lowest BCUT2D eigenvalue weighted by Crippen LogP contribution is -2.49. The molecule has 0 atom stereocenters. The van der Waals surface area contributed by atoms with Crippen LogP contribution in [0.15, 0.2) is 36.5 Å². The highest BCUT2D eigenvalue weighted by molar-refractivity contribution is 5.94. The third kappa shape index (κ3) is 3.72. The fourth-order valence-corrected chi connectivity index (χ4v) is 4.54. The third-order valence-electron chi connectivity index (χ3n) is 6.03. The number of hydrogen-bond acceptors (Lipinski definition) is 4. The predicted molar refractivity (Wildman–Crippen MR) is 109 cm³/mol. The van der Waals surface area contributed by atoms with Gasteiger partial charge in [0.15, 0.2) is 0 Å². The molecule has 4 heterocycles. The Labute approximate surface area is 168 Å². The third-order valence-corrected chi connectivity index (χ3v) is 6.03. The lowest BCUT2D eigenvalue weighted by molar-refractivity contribution is 0.0115. The summed E-state index contributed by atoms with van der Waals surface area (Å²) in [6.45, 7) is 5.59. The summed E-state index contributed by atoms with van der Waals surface area (Å²) < 4.78 is 32.8. The molecule has 1 N–H and O–H groups in total. The summed E-state index contributed by atoms with van der Waals surface area (Å²) >= 11 is 0. The van der Waals surface area contributed by atoms with E-state index in [0.29, 0.717) is 17.3 Å². The molecule has 152 valence electrons. The van der Waals surface area contributed by atoms with Crippen molar-refractivity contribution >= 4 is 16.7 Å². The number of piperidine rings is 1. The van der Waals surface area contributed by atoms with Crippen LogP contribution in [0.3, 0.4) is 0 Å². The van der Waals surface area contributed by atoms with E-state index in [-0.39, 0.29) is 0 Å². The molecule has 0 bridgehead atoms. The molecule has 0 aliphatic carbocycles. The second-order valence-electron chi connectivity index (χ2n) is 7.80. The Kier molecular flexibility index (Phi) is 4.93. The van der Waals surface area contributed by atoms with Gasteiger partial charge >= 0.3 is 0 Å². The number of aromatic amines is 1. The SMILES string of the molecule is Fc1cc(F)cc(-c2cc3c(N4CCC(N5CCOCC5)CC4)nccc3[nH]2)c1. The van der Waals surface area contributed by atoms with Gasteiger partial charge in [-0.05, 0) is 37.1 Å². The number of benzene rings is 1. The monoisotopic (exact) mass is 398 g/mol. The fraction of sp³-hybridized carbons (Fsp3) is 0.409. The molecule has 2 aliphatic heterocycles. The number of fused-ring (bicyclic) bond motifs is 1. The minimum absolute atomic E-state index is 0.496. The average Bonchev–Trinajstić information content (AvgIpc) is 3.18. The predicted octanol–water partition coefficient (Wildman–Crippen LogP) is 3.81. The molecule has 0 spiro atoms. The molecule has 0 amide bonds. The first-order valence-electron chi connectivity index (χ1n) is 10.2. The summed E-state index contributed by atoms with van der Waals surface area (Å²) in [4.78, 5) is 12.8. The van der Waals surface area contributed by atoms with Crippen molar-refractivity contribution in [2.75, 3.05) is 44.3 Å². The molecule has 7 heteroatoms. The van der Waals surface area contributed by atoms with Crippen LogP contribution in [0.1, 0.15) is 12.8 Å². The highest BCUT2D eigenvalue weighted by Gasteiger charge is 2.27. The van der Waals surface area contributed by atoms with Crippen molar-refractivity contribution in [3.8, 4) is 11.3 Å². The van der Waals surface area contributed by atoms with Crippen LogP contribution in [0, 0.1) is 11.6 Å². The van der Waals surface area contributed by atoms with Crippen LogP contribution in [-0.4, -0.2) is 60.3 Å². The van der Waals surface area contributed by atoms with E-state index in [1.807, 2.05) is 12.1 Å². The Morgan fingerprint density at radius 1 is 0.966 bits per heavy atom. The Hall–Kier alpha value is -2.51. The van der Waals surface area contributed by atoms with Crippen molar-refractivity contribution in [2.45, 2.75) is 18.9 Å². The molecule has 0 radical (unpaired) electrons. The fourth-order valence-electron chi connectivity index (χ4n) is 4.54. The number of aromatic nitrogens is 2. The highest BCUT2D eigenvalue weighted by Crippen LogP contribution is 2.32. The van der Waals surface area contributed by atoms with Gasteiger partial charge in [0.2, 0.25) is 0 Å². The van der Waals surface area contributed by atoms with Crippen LogP contribution in [-0.2, 0) is 4.74 Å². The zero-order chi connectivity index (χ0) is 19.8. The summed E-state index contributed by atoms with van der Waals surface area (Å²) in [7, 11) is 0. The van der Waals surface area contributed by atoms with E-state index in [1.54, 1.807) is 6.20 Å². The summed E-state index contributed by atoms with van der Waals surface area (Å²) in [5.41, 5.74) is 2.11. The van der Waals surface area contributed by atoms with E-state index in [0.717, 1.165) is 75.0 Å². The molecule has 2 aliphatic rings. The van der Waals surface area contributed by atoms with Gasteiger partial charge in [-0.3, -0.25) is 4.90 Å². The smallest absolute Gasteiger partial charge is 0.137 e. The first kappa shape index (κ1) is 18.5. The number of rotatable bonds is 3. The first-order valence-corrected chi connectivity index (χ1v) is 10.2. The molecule has 29 heavy (non-hydrogen) atoms. The standard InChI is InChI=1S/C22H24F2N4O/c23-16-11-15(12-17(24)13-16)21-14-19-20(26-21)1-4-25-22(19)28-5-2-18(3-6-28)27-7-9-29-10-8-27/h1,4,11-14,18,26H,2-3,5-10H2. The molecule has 2 fully saturated rings. The number of pyridine rings is 1. The Bertz CT molecular complexity index is 987. The minimum Gasteiger partial charge on any atom is -0.379 e. The van der Waals surface area contributed by atoms with Crippen LogP contribution in [0.5, 0.6) is 0 Å². The van der Waals surface area contributed by atoms with Gasteiger partial charge in [-0.25, -0.2) is 13.8 Å². The van der Waals surface area contributed by atoms with E-state index in [2.05, 4.69) is 19.8 Å². The molecule has 0 saturated carbocycles. The number of H-pyrrole nitrogens is 1. The minimum atomic E-state index is -0.581. The van der Waals surface area contributed by atoms with Gasteiger partial charge in [-0.2, -0.15) is 0 Å². The second kappa shape index (κ2) is 7.72. The van der Waals surface area contributed by atoms with Crippen molar-refractivity contribution in [3.05, 3.63) is 48.2 Å². The van der Waals surface area contributed by atoms with Crippen LogP contribution < -0.4 is 4.90 Å². The number of anilines is 1. The maximum absolute atomic E-state index is 13.6. The van der Waals surface area contributed by atoms with Crippen molar-refractivity contribution in [1.82, 2.24) is 14.9 Å². The Morgan fingerprint density at radius 3 is 2.41 bits per heavy atom. The van der Waals surface area contributed by atoms with Crippen molar-refractivity contribution in [2.24, 2.45) is 0 Å². The maximum Gasteiger partial charge on any atom is 0.137 e. The summed E-state index contributed by atoms with van der Waals surface area (Å²) in [6, 6.07) is 8.02. The van der Waals surface area contributed by atoms with Gasteiger partial charge in [0.05, 0.1) is 18.7 Å². The number of halogens is 2. The molecular weight excluding hydrogens is 374 g/mol. The quantitative estimate of drug-likeness (QED) is 0.729. The van der Waals surface area contributed by atoms with E-state index in [9.17, 15) is 8.78 Å². The molecule has 5 nitrogen and oxygen atoms in total. The van der Waals surface area contributed by atoms with Gasteiger partial charge in [0, 0.05) is 61.1 Å². The van der Waals surface area contributed by atoms with Crippen molar-refractivity contribution in [3.63, 3.8) is 0 Å². The van der Waals surface area contributed by atoms with Crippen LogP contribution in [0.2, 0.25) is 0 Å². The van der Waals surface area contributed by atoms with Crippen LogP contribution >= 0.6 is 0 Å². The molecule has 2 saturated heterocycles. The molecular formula is C22H24F2N4O. The number of nitrogens with zero attached hydrogens (tertiary/aromatic N) is 3. The number of ether oxygens (including phenoxy) is 1. The first-order chi connectivity index (χ1) is 14.2. The number of morpholine rings is 1. The maximum atomic E-state index is 13.6. The van der Waals surface area contributed by atoms with Crippen molar-refractivity contribution in [1.29, 1.82) is 0 Å². The largest absolute Gasteiger partial charge is 0.379 e. The van der Waals surface area contributed by atoms with E-state index in [1.165, 1.54) is 12.1 Å². The second-order valence-corrected chi connectivity index (χ2v) is 7.80. The average molecular weight is 398 g/mol. The van der Waals surface area contributed by atoms with Gasteiger partial charge in [-0.15, -0.1) is 0 Å². The number of nitrogens with one attached hydrogen (secondary N) is 1. The van der Waals surface area contributed by atoms with E-state index < -0.39 is 11.6 Å². The lowest BCUT2D eigenvalue weighted by Gasteiger charge is -2.40. The molecule has 2 aromatic heterocycles. The number of hydrogen-bond donors (Lipinski definition) is 1. The van der Waals surface area contributed by atoms with Crippen LogP contribution in [0.4, 0.5) is 14.6 Å². The summed E-state index contributed by atoms with van der Waals surface area (Å²) in [5, 5.41) is 0.983. The van der Waals surface area contributed by atoms with Crippen molar-refractivity contribution < 1.29 is 13.5 Å². The lowest BCUT2D eigenvalue weighted by atomic mass is 10.0. The zero-order valence-electron chi connectivity index (χ0n) is 16.2. The van der Waals surface area contributed by atoms with E-state index >= 15 is 0 Å². The van der Waals surface area contributed by atoms with E-state index in [4.69, 9.17) is 4.74 Å². The van der Waals surface area contributed by atoms with Gasteiger partial charge in [0.1, 0.15) is 17.5 Å². The Morgan fingerprint density at radius 2 is 1.69 bits per heavy atom. The molecule has 3 aromatic rings. The zero-order valence-corrected chi connectivity index (χ0v) is 16.2. The highest BCUT2D eigenvalue weighted by atomic mass is 19.1. The van der Waals surface area contributed by atoms with Crippen LogP contribution in [0.25, 0.3) is 22.2 Å². The van der Waals surface area contributed by atoms with Gasteiger partial charge in [0.25, 0.3) is 0 Å². The van der Waals surface area contributed by atoms with Gasteiger partial charge in [-0.1, -0.05) is 0 Å². The topological polar surface area (TPSA) is 44.4 Å². The summed E-state index contributed by atoms with van der Waals surface area (Å²) in [5.74, 6) is -0.230. The van der Waals surface area contributed by atoms with Gasteiger partial charge < -0.3 is 14.6 Å². The Balaban J connectivity index is 1.39. The normalized spacial score (nSPS) is 19.2. The summed E-state index contributed by atoms with van der Waals surface area (Å²) in [6.07, 6.45) is 3.99. The molecule has 5 rings (SSSR count). The molecule has 0 unspecified atom stereocenters.